The summed E-state index contributed by atoms with van der Waals surface area (Å²) < 4.78 is 0. The summed E-state index contributed by atoms with van der Waals surface area (Å²) in [5.74, 6) is -0.0485. The average molecular weight is 461 g/mol. The van der Waals surface area contributed by atoms with Crippen molar-refractivity contribution >= 4 is 23.4 Å². The van der Waals surface area contributed by atoms with Crippen molar-refractivity contribution < 1.29 is 9.59 Å². The zero-order chi connectivity index (χ0) is 23.6. The summed E-state index contributed by atoms with van der Waals surface area (Å²) in [4.78, 5) is 29.7. The van der Waals surface area contributed by atoms with Gasteiger partial charge < -0.3 is 9.80 Å². The van der Waals surface area contributed by atoms with Gasteiger partial charge in [-0.25, -0.2) is 0 Å². The first-order valence-corrected chi connectivity index (χ1v) is 11.6. The molecule has 5 heteroatoms. The van der Waals surface area contributed by atoms with E-state index in [2.05, 4.69) is 31.2 Å². The van der Waals surface area contributed by atoms with Crippen LogP contribution in [0.15, 0.2) is 72.8 Å². The third-order valence-corrected chi connectivity index (χ3v) is 6.88. The minimum absolute atomic E-state index is 0.0133. The highest BCUT2D eigenvalue weighted by molar-refractivity contribution is 6.30. The minimum Gasteiger partial charge on any atom is -0.339 e. The van der Waals surface area contributed by atoms with E-state index in [4.69, 9.17) is 11.6 Å². The third kappa shape index (κ3) is 4.81. The van der Waals surface area contributed by atoms with Gasteiger partial charge in [0.1, 0.15) is 5.54 Å². The van der Waals surface area contributed by atoms with Crippen molar-refractivity contribution in [3.63, 3.8) is 0 Å². The highest BCUT2D eigenvalue weighted by Gasteiger charge is 2.50. The molecule has 2 amide bonds. The van der Waals surface area contributed by atoms with Crippen LogP contribution in [0.1, 0.15) is 30.0 Å². The fourth-order valence-corrected chi connectivity index (χ4v) is 4.62. The molecule has 1 atom stereocenters. The average Bonchev–Trinajstić information content (AvgIpc) is 2.79. The van der Waals surface area contributed by atoms with Crippen LogP contribution < -0.4 is 0 Å². The number of nitrogens with zero attached hydrogens (tertiary/aromatic N) is 2. The molecule has 1 saturated heterocycles. The smallest absolute Gasteiger partial charge is 0.248 e. The van der Waals surface area contributed by atoms with Crippen molar-refractivity contribution in [1.29, 1.82) is 0 Å². The quantitative estimate of drug-likeness (QED) is 0.486. The van der Waals surface area contributed by atoms with Crippen molar-refractivity contribution in [3.8, 4) is 11.1 Å². The number of carbonyl (C=O) groups excluding carboxylic acids is 2. The van der Waals surface area contributed by atoms with Gasteiger partial charge in [0.2, 0.25) is 11.8 Å². The Balaban J connectivity index is 1.40. The Hall–Kier alpha value is -3.11. The molecule has 1 unspecified atom stereocenters. The summed E-state index contributed by atoms with van der Waals surface area (Å²) in [6.45, 7) is 5.06. The lowest BCUT2D eigenvalue weighted by Crippen LogP contribution is -2.67. The molecule has 1 fully saturated rings. The van der Waals surface area contributed by atoms with Gasteiger partial charge in [-0.05, 0) is 60.2 Å². The number of aryl methyl sites for hydroxylation is 1. The Kier molecular flexibility index (Phi) is 6.57. The highest BCUT2D eigenvalue weighted by Crippen LogP contribution is 2.33. The number of hydrogen-bond donors (Lipinski definition) is 0. The predicted octanol–water partition coefficient (Wildman–Crippen LogP) is 5.51. The molecule has 1 heterocycles. The fraction of sp³-hybridized carbons (Fsp3) is 0.286. The zero-order valence-corrected chi connectivity index (χ0v) is 20.1. The number of benzene rings is 3. The van der Waals surface area contributed by atoms with Crippen molar-refractivity contribution in [2.24, 2.45) is 0 Å². The van der Waals surface area contributed by atoms with Crippen LogP contribution in [0.5, 0.6) is 0 Å². The van der Waals surface area contributed by atoms with Gasteiger partial charge in [0.15, 0.2) is 0 Å². The lowest BCUT2D eigenvalue weighted by Gasteiger charge is -2.50. The Morgan fingerprint density at radius 1 is 0.970 bits per heavy atom. The summed E-state index contributed by atoms with van der Waals surface area (Å²) in [5, 5.41) is 0.669. The van der Waals surface area contributed by atoms with Gasteiger partial charge in [0.05, 0.1) is 6.42 Å². The molecular formula is C28H29ClN2O2. The molecule has 0 N–H and O–H groups in total. The Bertz CT molecular complexity index is 1160. The van der Waals surface area contributed by atoms with E-state index in [9.17, 15) is 9.59 Å². The molecule has 1 aliphatic rings. The van der Waals surface area contributed by atoms with E-state index in [1.807, 2.05) is 55.5 Å². The molecular weight excluding hydrogens is 432 g/mol. The first-order chi connectivity index (χ1) is 15.8. The molecule has 3 aromatic rings. The van der Waals surface area contributed by atoms with Crippen LogP contribution in [0.4, 0.5) is 0 Å². The second-order valence-electron chi connectivity index (χ2n) is 9.05. The number of hydrogen-bond acceptors (Lipinski definition) is 2. The second-order valence-corrected chi connectivity index (χ2v) is 9.48. The van der Waals surface area contributed by atoms with Crippen molar-refractivity contribution in [2.75, 3.05) is 13.6 Å². The van der Waals surface area contributed by atoms with E-state index in [0.717, 1.165) is 16.7 Å². The van der Waals surface area contributed by atoms with Gasteiger partial charge in [-0.3, -0.25) is 9.59 Å². The van der Waals surface area contributed by atoms with E-state index in [1.165, 1.54) is 11.1 Å². The molecule has 0 radical (unpaired) electrons. The first-order valence-electron chi connectivity index (χ1n) is 11.2. The van der Waals surface area contributed by atoms with Crippen LogP contribution in [0.25, 0.3) is 11.1 Å². The molecule has 4 rings (SSSR count). The van der Waals surface area contributed by atoms with Gasteiger partial charge in [-0.1, -0.05) is 72.3 Å². The first kappa shape index (κ1) is 23.1. The number of halogens is 1. The van der Waals surface area contributed by atoms with Crippen LogP contribution in [0, 0.1) is 6.92 Å². The summed E-state index contributed by atoms with van der Waals surface area (Å²) in [6.07, 6.45) is 0.965. The second kappa shape index (κ2) is 9.40. The molecule has 0 aromatic heterocycles. The molecule has 0 bridgehead atoms. The number of carbonyl (C=O) groups is 2. The maximum Gasteiger partial charge on any atom is 0.248 e. The van der Waals surface area contributed by atoms with Gasteiger partial charge in [-0.2, -0.15) is 0 Å². The Morgan fingerprint density at radius 2 is 1.61 bits per heavy atom. The summed E-state index contributed by atoms with van der Waals surface area (Å²) in [7, 11) is 1.79. The Labute approximate surface area is 200 Å². The monoisotopic (exact) mass is 460 g/mol. The lowest BCUT2D eigenvalue weighted by molar-refractivity contribution is -0.163. The molecule has 4 nitrogen and oxygen atoms in total. The van der Waals surface area contributed by atoms with Crippen molar-refractivity contribution in [2.45, 2.75) is 38.8 Å². The minimum atomic E-state index is -0.792. The van der Waals surface area contributed by atoms with E-state index in [0.29, 0.717) is 24.5 Å². The number of likely N-dealkylation sites (N-methyl/N-ethyl adjacent to an activating group) is 1. The zero-order valence-electron chi connectivity index (χ0n) is 19.3. The normalized spacial score (nSPS) is 17.4. The van der Waals surface area contributed by atoms with E-state index in [1.54, 1.807) is 16.8 Å². The largest absolute Gasteiger partial charge is 0.339 e. The van der Waals surface area contributed by atoms with Crippen molar-refractivity contribution in [1.82, 2.24) is 9.80 Å². The molecule has 0 aliphatic carbocycles. The molecule has 0 spiro atoms. The molecule has 3 aromatic carbocycles. The lowest BCUT2D eigenvalue weighted by atomic mass is 9.84. The molecule has 33 heavy (non-hydrogen) atoms. The van der Waals surface area contributed by atoms with Gasteiger partial charge in [0, 0.05) is 25.2 Å². The number of rotatable bonds is 6. The molecule has 0 saturated carbocycles. The van der Waals surface area contributed by atoms with Crippen LogP contribution >= 0.6 is 11.6 Å². The SMILES string of the molecule is Cc1ccccc1-c1ccc(CC(=O)N2CCC2(C)C(=O)N(C)Cc2ccc(Cl)cc2)cc1. The van der Waals surface area contributed by atoms with Gasteiger partial charge in [-0.15, -0.1) is 0 Å². The Morgan fingerprint density at radius 3 is 2.21 bits per heavy atom. The number of likely N-dealkylation sites (tertiary alicyclic amines) is 1. The summed E-state index contributed by atoms with van der Waals surface area (Å²) in [5.41, 5.74) is 4.72. The van der Waals surface area contributed by atoms with Crippen LogP contribution in [0.2, 0.25) is 5.02 Å². The van der Waals surface area contributed by atoms with Crippen LogP contribution in [-0.4, -0.2) is 40.7 Å². The van der Waals surface area contributed by atoms with Gasteiger partial charge in [0.25, 0.3) is 0 Å². The maximum absolute atomic E-state index is 13.2. The predicted molar refractivity (Wildman–Crippen MR) is 133 cm³/mol. The molecule has 170 valence electrons. The number of amides is 2. The van der Waals surface area contributed by atoms with E-state index >= 15 is 0 Å². The van der Waals surface area contributed by atoms with Gasteiger partial charge >= 0.3 is 0 Å². The highest BCUT2D eigenvalue weighted by atomic mass is 35.5. The topological polar surface area (TPSA) is 40.6 Å². The summed E-state index contributed by atoms with van der Waals surface area (Å²) >= 11 is 5.96. The molecule has 1 aliphatic heterocycles. The third-order valence-electron chi connectivity index (χ3n) is 6.62. The van der Waals surface area contributed by atoms with E-state index in [-0.39, 0.29) is 18.2 Å². The maximum atomic E-state index is 13.2. The summed E-state index contributed by atoms with van der Waals surface area (Å²) in [6, 6.07) is 23.9. The van der Waals surface area contributed by atoms with Crippen molar-refractivity contribution in [3.05, 3.63) is 94.5 Å². The standard InChI is InChI=1S/C28H29ClN2O2/c1-20-6-4-5-7-25(20)23-12-8-21(9-13-23)18-26(32)31-17-16-28(31,2)27(33)30(3)19-22-10-14-24(29)15-11-22/h4-15H,16-19H2,1-3H3. The fourth-order valence-electron chi connectivity index (χ4n) is 4.50. The van der Waals surface area contributed by atoms with E-state index < -0.39 is 5.54 Å². The van der Waals surface area contributed by atoms with Crippen LogP contribution in [-0.2, 0) is 22.6 Å². The van der Waals surface area contributed by atoms with Crippen LogP contribution in [0.3, 0.4) is 0 Å².